The van der Waals surface area contributed by atoms with Gasteiger partial charge in [0.15, 0.2) is 0 Å². The van der Waals surface area contributed by atoms with Gasteiger partial charge < -0.3 is 14.3 Å². The zero-order chi connectivity index (χ0) is 10.5. The zero-order valence-electron chi connectivity index (χ0n) is 8.05. The molecule has 4 nitrogen and oxygen atoms in total. The van der Waals surface area contributed by atoms with Crippen molar-refractivity contribution in [1.29, 1.82) is 0 Å². The van der Waals surface area contributed by atoms with Crippen molar-refractivity contribution >= 4 is 11.3 Å². The molecule has 0 amide bonds. The molecule has 15 heavy (non-hydrogen) atoms. The lowest BCUT2D eigenvalue weighted by molar-refractivity contribution is 0.233. The number of hydrogen-bond acceptors (Lipinski definition) is 5. The van der Waals surface area contributed by atoms with E-state index >= 15 is 0 Å². The van der Waals surface area contributed by atoms with Gasteiger partial charge in [0.1, 0.15) is 12.0 Å². The van der Waals surface area contributed by atoms with Crippen LogP contribution in [0.5, 0.6) is 6.08 Å². The number of nitrogens with zero attached hydrogens (tertiary/aromatic N) is 1. The van der Waals surface area contributed by atoms with E-state index in [4.69, 9.17) is 14.3 Å². The largest absolute Gasteiger partial charge is 0.450 e. The Morgan fingerprint density at radius 1 is 1.53 bits per heavy atom. The molecule has 2 aromatic heterocycles. The van der Waals surface area contributed by atoms with Gasteiger partial charge in [-0.25, -0.2) is 0 Å². The van der Waals surface area contributed by atoms with Gasteiger partial charge in [0.2, 0.25) is 0 Å². The smallest absolute Gasteiger partial charge is 0.393 e. The van der Waals surface area contributed by atoms with Crippen LogP contribution in [0.15, 0.2) is 28.2 Å². The monoisotopic (exact) mass is 225 g/mol. The Morgan fingerprint density at radius 3 is 3.13 bits per heavy atom. The maximum Gasteiger partial charge on any atom is 0.393 e. The normalized spacial score (nSPS) is 10.5. The molecule has 0 aliphatic heterocycles. The van der Waals surface area contributed by atoms with Crippen molar-refractivity contribution in [2.75, 3.05) is 6.61 Å². The van der Waals surface area contributed by atoms with Crippen LogP contribution in [0.25, 0.3) is 0 Å². The van der Waals surface area contributed by atoms with Crippen LogP contribution in [0, 0.1) is 0 Å². The molecule has 2 rings (SSSR count). The molecule has 0 fully saturated rings. The molecule has 0 aromatic carbocycles. The number of oxazole rings is 1. The lowest BCUT2D eigenvalue weighted by Gasteiger charge is -1.98. The minimum absolute atomic E-state index is 0.127. The van der Waals surface area contributed by atoms with Crippen LogP contribution in [0.4, 0.5) is 0 Å². The Hall–Kier alpha value is -1.33. The molecule has 0 aliphatic carbocycles. The van der Waals surface area contributed by atoms with Crippen molar-refractivity contribution in [2.24, 2.45) is 0 Å². The molecule has 0 unspecified atom stereocenters. The Bertz CT molecular complexity index is 396. The minimum atomic E-state index is -0.127. The number of aromatic nitrogens is 1. The second-order valence-corrected chi connectivity index (χ2v) is 3.97. The van der Waals surface area contributed by atoms with E-state index in [1.165, 1.54) is 11.1 Å². The zero-order valence-corrected chi connectivity index (χ0v) is 8.87. The van der Waals surface area contributed by atoms with E-state index in [0.717, 1.165) is 6.42 Å². The summed E-state index contributed by atoms with van der Waals surface area (Å²) in [7, 11) is 0. The summed E-state index contributed by atoms with van der Waals surface area (Å²) in [5.41, 5.74) is 0.487. The Balaban J connectivity index is 1.78. The van der Waals surface area contributed by atoms with Gasteiger partial charge in [-0.3, -0.25) is 0 Å². The first-order valence-electron chi connectivity index (χ1n) is 4.59. The van der Waals surface area contributed by atoms with Crippen molar-refractivity contribution in [1.82, 2.24) is 4.98 Å². The summed E-state index contributed by atoms with van der Waals surface area (Å²) in [6.45, 7) is 0.406. The van der Waals surface area contributed by atoms with Gasteiger partial charge >= 0.3 is 6.08 Å². The molecule has 5 heteroatoms. The maximum atomic E-state index is 8.75. The first-order valence-corrected chi connectivity index (χ1v) is 5.47. The van der Waals surface area contributed by atoms with E-state index in [1.54, 1.807) is 11.3 Å². The minimum Gasteiger partial charge on any atom is -0.450 e. The van der Waals surface area contributed by atoms with Gasteiger partial charge in [-0.05, 0) is 11.4 Å². The highest BCUT2D eigenvalue weighted by Gasteiger charge is 2.03. The van der Waals surface area contributed by atoms with E-state index in [2.05, 4.69) is 11.1 Å². The standard InChI is InChI=1S/C10H11NO3S/c12-6-8-7-14-10(11-8)13-4-3-9-2-1-5-15-9/h1-2,5,7,12H,3-4,6H2. The number of hydrogen-bond donors (Lipinski definition) is 1. The molecule has 0 spiro atoms. The number of aliphatic hydroxyl groups is 1. The summed E-state index contributed by atoms with van der Waals surface area (Å²) < 4.78 is 10.3. The van der Waals surface area contributed by atoms with Crippen LogP contribution in [0.3, 0.4) is 0 Å². The summed E-state index contributed by atoms with van der Waals surface area (Å²) in [5.74, 6) is 0. The quantitative estimate of drug-likeness (QED) is 0.843. The second kappa shape index (κ2) is 4.95. The lowest BCUT2D eigenvalue weighted by atomic mass is 10.4. The average Bonchev–Trinajstić information content (AvgIpc) is 2.88. The van der Waals surface area contributed by atoms with Gasteiger partial charge in [-0.15, -0.1) is 11.3 Å². The molecule has 0 atom stereocenters. The van der Waals surface area contributed by atoms with Gasteiger partial charge in [-0.2, -0.15) is 4.98 Å². The van der Waals surface area contributed by atoms with Crippen molar-refractivity contribution in [3.05, 3.63) is 34.3 Å². The van der Waals surface area contributed by atoms with E-state index < -0.39 is 0 Å². The van der Waals surface area contributed by atoms with Crippen molar-refractivity contribution in [3.63, 3.8) is 0 Å². The average molecular weight is 225 g/mol. The SMILES string of the molecule is OCc1coc(OCCc2cccs2)n1. The maximum absolute atomic E-state index is 8.75. The fourth-order valence-electron chi connectivity index (χ4n) is 1.12. The van der Waals surface area contributed by atoms with Gasteiger partial charge in [0, 0.05) is 11.3 Å². The molecule has 0 bridgehead atoms. The van der Waals surface area contributed by atoms with Crippen molar-refractivity contribution in [2.45, 2.75) is 13.0 Å². The third-order valence-electron chi connectivity index (χ3n) is 1.85. The number of rotatable bonds is 5. The molecule has 0 saturated carbocycles. The fraction of sp³-hybridized carbons (Fsp3) is 0.300. The second-order valence-electron chi connectivity index (χ2n) is 2.94. The number of aliphatic hydroxyl groups excluding tert-OH is 1. The summed E-state index contributed by atoms with van der Waals surface area (Å²) in [4.78, 5) is 5.18. The van der Waals surface area contributed by atoms with Crippen LogP contribution in [-0.4, -0.2) is 16.7 Å². The summed E-state index contributed by atoms with van der Waals surface area (Å²) >= 11 is 1.70. The molecule has 2 heterocycles. The molecule has 0 aliphatic rings. The summed E-state index contributed by atoms with van der Waals surface area (Å²) in [5, 5.41) is 10.8. The highest BCUT2D eigenvalue weighted by Crippen LogP contribution is 2.12. The Kier molecular flexibility index (Phi) is 3.37. The van der Waals surface area contributed by atoms with Crippen molar-refractivity contribution in [3.8, 4) is 6.08 Å². The van der Waals surface area contributed by atoms with Crippen molar-refractivity contribution < 1.29 is 14.3 Å². The lowest BCUT2D eigenvalue weighted by Crippen LogP contribution is -2.00. The topological polar surface area (TPSA) is 55.5 Å². The van der Waals surface area contributed by atoms with Crippen LogP contribution < -0.4 is 4.74 Å². The molecule has 0 saturated heterocycles. The van der Waals surface area contributed by atoms with Gasteiger partial charge in [0.25, 0.3) is 0 Å². The van der Waals surface area contributed by atoms with Crippen LogP contribution >= 0.6 is 11.3 Å². The number of ether oxygens (including phenoxy) is 1. The van der Waals surface area contributed by atoms with Crippen LogP contribution in [0.1, 0.15) is 10.6 Å². The Labute approximate surface area is 91.1 Å². The molecule has 80 valence electrons. The predicted molar refractivity (Wildman–Crippen MR) is 55.9 cm³/mol. The first kappa shape index (κ1) is 10.2. The summed E-state index contributed by atoms with van der Waals surface area (Å²) in [6.07, 6.45) is 2.45. The first-order chi connectivity index (χ1) is 7.38. The van der Waals surface area contributed by atoms with Gasteiger partial charge in [-0.1, -0.05) is 6.07 Å². The van der Waals surface area contributed by atoms with E-state index in [9.17, 15) is 0 Å². The third kappa shape index (κ3) is 2.81. The summed E-state index contributed by atoms with van der Waals surface area (Å²) in [6, 6.07) is 4.07. The third-order valence-corrected chi connectivity index (χ3v) is 2.78. The molecule has 1 N–H and O–H groups in total. The molecular formula is C10H11NO3S. The molecule has 2 aromatic rings. The van der Waals surface area contributed by atoms with Crippen LogP contribution in [-0.2, 0) is 13.0 Å². The van der Waals surface area contributed by atoms with E-state index in [1.807, 2.05) is 11.4 Å². The van der Waals surface area contributed by atoms with Gasteiger partial charge in [0.05, 0.1) is 13.2 Å². The fourth-order valence-corrected chi connectivity index (χ4v) is 1.81. The van der Waals surface area contributed by atoms with E-state index in [0.29, 0.717) is 12.3 Å². The Morgan fingerprint density at radius 2 is 2.47 bits per heavy atom. The van der Waals surface area contributed by atoms with E-state index in [-0.39, 0.29) is 12.7 Å². The van der Waals surface area contributed by atoms with Crippen LogP contribution in [0.2, 0.25) is 0 Å². The highest BCUT2D eigenvalue weighted by molar-refractivity contribution is 7.09. The molecule has 0 radical (unpaired) electrons. The highest BCUT2D eigenvalue weighted by atomic mass is 32.1. The number of thiophene rings is 1. The predicted octanol–water partition coefficient (Wildman–Crippen LogP) is 1.85. The molecular weight excluding hydrogens is 214 g/mol.